The van der Waals surface area contributed by atoms with Gasteiger partial charge in [0.05, 0.1) is 16.7 Å². The molecule has 7 aromatic rings. The molecule has 3 aromatic heterocycles. The smallest absolute Gasteiger partial charge is 0.147 e. The van der Waals surface area contributed by atoms with Crippen molar-refractivity contribution in [2.24, 2.45) is 0 Å². The van der Waals surface area contributed by atoms with E-state index in [9.17, 15) is 0 Å². The first-order valence-corrected chi connectivity index (χ1v) is 13.1. The van der Waals surface area contributed by atoms with Crippen LogP contribution in [0.3, 0.4) is 0 Å². The molecule has 7 rings (SSSR count). The predicted octanol–water partition coefficient (Wildman–Crippen LogP) is 9.05. The molecule has 0 saturated heterocycles. The summed E-state index contributed by atoms with van der Waals surface area (Å²) in [4.78, 5) is 9.77. The summed E-state index contributed by atoms with van der Waals surface area (Å²) in [6, 6.07) is 32.5. The maximum absolute atomic E-state index is 7.77. The number of fused-ring (bicyclic) bond motifs is 4. The number of imidazole rings is 1. The molecule has 3 heterocycles. The highest BCUT2D eigenvalue weighted by Gasteiger charge is 2.21. The molecule has 0 radical (unpaired) electrons. The van der Waals surface area contributed by atoms with Gasteiger partial charge in [-0.2, -0.15) is 0 Å². The Morgan fingerprint density at radius 1 is 0.757 bits per heavy atom. The van der Waals surface area contributed by atoms with E-state index in [1.165, 1.54) is 10.1 Å². The Balaban J connectivity index is 1.54. The molecule has 0 aliphatic heterocycles. The van der Waals surface area contributed by atoms with E-state index in [2.05, 4.69) is 70.2 Å². The summed E-state index contributed by atoms with van der Waals surface area (Å²) in [5.74, 6) is 0.882. The minimum absolute atomic E-state index is 0.343. The molecule has 0 saturated carbocycles. The monoisotopic (exact) mass is 498 g/mol. The molecule has 0 spiro atoms. The number of pyridine rings is 1. The summed E-state index contributed by atoms with van der Waals surface area (Å²) in [6.45, 7) is 1.91. The van der Waals surface area contributed by atoms with Crippen LogP contribution in [0.2, 0.25) is 0 Å². The first kappa shape index (κ1) is 18.9. The van der Waals surface area contributed by atoms with Gasteiger partial charge in [-0.15, -0.1) is 11.3 Å². The Morgan fingerprint density at radius 2 is 1.49 bits per heavy atom. The van der Waals surface area contributed by atoms with E-state index < -0.39 is 6.85 Å². The Labute approximate surface area is 223 Å². The van der Waals surface area contributed by atoms with Crippen molar-refractivity contribution < 1.29 is 4.11 Å². The molecular weight excluding hydrogens is 470 g/mol. The summed E-state index contributed by atoms with van der Waals surface area (Å²) in [5, 5.41) is 2.33. The zero-order valence-corrected chi connectivity index (χ0v) is 21.3. The van der Waals surface area contributed by atoms with Gasteiger partial charge in [0.15, 0.2) is 0 Å². The number of para-hydroxylation sites is 2. The lowest BCUT2D eigenvalue weighted by Gasteiger charge is -2.13. The lowest BCUT2D eigenvalue weighted by molar-refractivity contribution is 1.05. The molecule has 0 bridgehead atoms. The molecule has 37 heavy (non-hydrogen) atoms. The fourth-order valence-electron chi connectivity index (χ4n) is 5.30. The van der Waals surface area contributed by atoms with Crippen LogP contribution in [0, 0.1) is 20.7 Å². The Morgan fingerprint density at radius 3 is 2.30 bits per heavy atom. The number of aryl methyl sites for hydroxylation is 3. The largest absolute Gasteiger partial charge is 0.292 e. The van der Waals surface area contributed by atoms with Crippen LogP contribution in [-0.2, 0) is 0 Å². The first-order chi connectivity index (χ1) is 19.3. The molecule has 0 N–H and O–H groups in total. The number of hydrogen-bond donors (Lipinski definition) is 0. The second kappa shape index (κ2) is 8.39. The standard InChI is InChI=1S/C33H25N3S/c1-20-12-14-23(15-13-20)25-16-17-27(32-31(25)26-8-4-7-11-30(26)37-32)33-35-28-9-5-6-10-29(28)36(33)24-18-21(2)34-22(3)19-24/h4-19H,1-3H3/i1D3. The molecule has 0 aliphatic rings. The summed E-state index contributed by atoms with van der Waals surface area (Å²) >= 11 is 1.76. The zero-order chi connectivity index (χ0) is 27.6. The number of thiophene rings is 1. The van der Waals surface area contributed by atoms with Crippen LogP contribution in [0.4, 0.5) is 0 Å². The molecule has 4 heteroatoms. The topological polar surface area (TPSA) is 30.7 Å². The van der Waals surface area contributed by atoms with E-state index in [0.29, 0.717) is 5.56 Å². The van der Waals surface area contributed by atoms with Crippen molar-refractivity contribution in [1.82, 2.24) is 14.5 Å². The van der Waals surface area contributed by atoms with Crippen molar-refractivity contribution in [1.29, 1.82) is 0 Å². The molecule has 0 fully saturated rings. The van der Waals surface area contributed by atoms with Crippen LogP contribution in [-0.4, -0.2) is 14.5 Å². The number of hydrogen-bond acceptors (Lipinski definition) is 3. The highest BCUT2D eigenvalue weighted by Crippen LogP contribution is 2.45. The van der Waals surface area contributed by atoms with Gasteiger partial charge in [-0.25, -0.2) is 4.98 Å². The normalized spacial score (nSPS) is 13.2. The van der Waals surface area contributed by atoms with Gasteiger partial charge in [0, 0.05) is 41.2 Å². The first-order valence-electron chi connectivity index (χ1n) is 13.8. The molecule has 178 valence electrons. The summed E-state index contributed by atoms with van der Waals surface area (Å²) in [7, 11) is 0. The van der Waals surface area contributed by atoms with Gasteiger partial charge in [-0.05, 0) is 68.2 Å². The van der Waals surface area contributed by atoms with E-state index in [1.54, 1.807) is 23.5 Å². The van der Waals surface area contributed by atoms with Crippen molar-refractivity contribution in [3.05, 3.63) is 114 Å². The van der Waals surface area contributed by atoms with E-state index in [-0.39, 0.29) is 0 Å². The highest BCUT2D eigenvalue weighted by atomic mass is 32.1. The molecule has 0 atom stereocenters. The van der Waals surface area contributed by atoms with Crippen LogP contribution in [0.15, 0.2) is 97.1 Å². The highest BCUT2D eigenvalue weighted by molar-refractivity contribution is 7.26. The predicted molar refractivity (Wildman–Crippen MR) is 157 cm³/mol. The summed E-state index contributed by atoms with van der Waals surface area (Å²) in [5.41, 5.74) is 8.40. The average molecular weight is 499 g/mol. The Kier molecular flexibility index (Phi) is 4.29. The maximum Gasteiger partial charge on any atom is 0.147 e. The molecule has 3 nitrogen and oxygen atoms in total. The number of benzene rings is 4. The second-order valence-corrected chi connectivity index (χ2v) is 10.5. The molecular formula is C33H25N3S. The average Bonchev–Trinajstić information content (AvgIpc) is 3.51. The van der Waals surface area contributed by atoms with Crippen LogP contribution in [0.5, 0.6) is 0 Å². The van der Waals surface area contributed by atoms with Crippen molar-refractivity contribution in [3.8, 4) is 28.2 Å². The van der Waals surface area contributed by atoms with Gasteiger partial charge in [0.1, 0.15) is 5.82 Å². The molecule has 0 aliphatic carbocycles. The minimum atomic E-state index is -2.13. The third kappa shape index (κ3) is 3.56. The Bertz CT molecular complexity index is 2050. The van der Waals surface area contributed by atoms with Crippen LogP contribution >= 0.6 is 11.3 Å². The van der Waals surface area contributed by atoms with Crippen molar-refractivity contribution in [2.45, 2.75) is 20.7 Å². The van der Waals surface area contributed by atoms with Gasteiger partial charge in [-0.3, -0.25) is 9.55 Å². The maximum atomic E-state index is 7.77. The number of aromatic nitrogens is 3. The summed E-state index contributed by atoms with van der Waals surface area (Å²) in [6.07, 6.45) is 0. The van der Waals surface area contributed by atoms with E-state index in [4.69, 9.17) is 9.10 Å². The van der Waals surface area contributed by atoms with Crippen molar-refractivity contribution in [3.63, 3.8) is 0 Å². The fourth-order valence-corrected chi connectivity index (χ4v) is 6.54. The quantitative estimate of drug-likeness (QED) is 0.243. The van der Waals surface area contributed by atoms with E-state index in [0.717, 1.165) is 60.7 Å². The van der Waals surface area contributed by atoms with Crippen LogP contribution in [0.1, 0.15) is 21.1 Å². The van der Waals surface area contributed by atoms with Crippen LogP contribution in [0.25, 0.3) is 59.4 Å². The van der Waals surface area contributed by atoms with Gasteiger partial charge < -0.3 is 0 Å². The van der Waals surface area contributed by atoms with Crippen molar-refractivity contribution in [2.75, 3.05) is 0 Å². The second-order valence-electron chi connectivity index (χ2n) is 9.41. The SMILES string of the molecule is [2H]C([2H])([2H])c1ccc(-c2ccc(-c3nc4ccccc4n3-c3cc(C)nc(C)c3)c3sc4ccccc4c23)cc1. The van der Waals surface area contributed by atoms with Crippen molar-refractivity contribution >= 4 is 42.5 Å². The zero-order valence-electron chi connectivity index (χ0n) is 23.5. The van der Waals surface area contributed by atoms with E-state index >= 15 is 0 Å². The van der Waals surface area contributed by atoms with Gasteiger partial charge in [0.25, 0.3) is 0 Å². The number of rotatable bonds is 3. The number of nitrogens with zero attached hydrogens (tertiary/aromatic N) is 3. The molecule has 4 aromatic carbocycles. The third-order valence-corrected chi connectivity index (χ3v) is 8.05. The van der Waals surface area contributed by atoms with Gasteiger partial charge in [0.2, 0.25) is 0 Å². The fraction of sp³-hybridized carbons (Fsp3) is 0.0909. The van der Waals surface area contributed by atoms with E-state index in [1.807, 2.05) is 38.1 Å². The lowest BCUT2D eigenvalue weighted by Crippen LogP contribution is -2.00. The van der Waals surface area contributed by atoms with Gasteiger partial charge in [-0.1, -0.05) is 66.2 Å². The Hall–Kier alpha value is -4.28. The molecule has 0 amide bonds. The van der Waals surface area contributed by atoms with Crippen LogP contribution < -0.4 is 0 Å². The van der Waals surface area contributed by atoms with Gasteiger partial charge >= 0.3 is 0 Å². The third-order valence-electron chi connectivity index (χ3n) is 6.85. The summed E-state index contributed by atoms with van der Waals surface area (Å²) < 4.78 is 27.9. The lowest BCUT2D eigenvalue weighted by atomic mass is 9.96. The minimum Gasteiger partial charge on any atom is -0.292 e. The molecule has 0 unspecified atom stereocenters.